The van der Waals surface area contributed by atoms with Crippen LogP contribution in [-0.2, 0) is 19.2 Å². The molecular weight excluding hydrogens is 292 g/mol. The summed E-state index contributed by atoms with van der Waals surface area (Å²) in [6.07, 6.45) is 1.76. The van der Waals surface area contributed by atoms with E-state index in [1.807, 2.05) is 0 Å². The maximum Gasteiger partial charge on any atom is 0.240 e. The maximum absolute atomic E-state index is 11.6. The Morgan fingerprint density at radius 3 is 2.00 bits per heavy atom. The Hall–Kier alpha value is -2.20. The number of primary amides is 1. The summed E-state index contributed by atoms with van der Waals surface area (Å²) in [7, 11) is 0. The van der Waals surface area contributed by atoms with Gasteiger partial charge in [-0.2, -0.15) is 0 Å². The lowest BCUT2D eigenvalue weighted by Gasteiger charge is -2.15. The van der Waals surface area contributed by atoms with E-state index in [9.17, 15) is 19.2 Å². The van der Waals surface area contributed by atoms with Crippen LogP contribution in [0.5, 0.6) is 0 Å². The van der Waals surface area contributed by atoms with Crippen LogP contribution in [0.2, 0.25) is 0 Å². The van der Waals surface area contributed by atoms with Crippen LogP contribution < -0.4 is 33.2 Å². The molecule has 10 heteroatoms. The van der Waals surface area contributed by atoms with Gasteiger partial charge in [-0.15, -0.1) is 0 Å². The fraction of sp³-hybridized carbons (Fsp3) is 0.667. The monoisotopic (exact) mass is 316 g/mol. The minimum atomic E-state index is -0.798. The van der Waals surface area contributed by atoms with Crippen molar-refractivity contribution in [3.8, 4) is 0 Å². The molecule has 10 nitrogen and oxygen atoms in total. The molecule has 22 heavy (non-hydrogen) atoms. The van der Waals surface area contributed by atoms with Crippen molar-refractivity contribution in [2.45, 2.75) is 25.3 Å². The summed E-state index contributed by atoms with van der Waals surface area (Å²) in [4.78, 5) is 45.0. The van der Waals surface area contributed by atoms with Gasteiger partial charge in [0.1, 0.15) is 6.04 Å². The van der Waals surface area contributed by atoms with Crippen LogP contribution >= 0.6 is 0 Å². The van der Waals surface area contributed by atoms with E-state index in [0.717, 1.165) is 6.42 Å². The fourth-order valence-electron chi connectivity index (χ4n) is 1.52. The molecule has 0 heterocycles. The number of amides is 4. The number of rotatable bonds is 11. The third-order valence-corrected chi connectivity index (χ3v) is 2.70. The van der Waals surface area contributed by atoms with Crippen molar-refractivity contribution in [2.24, 2.45) is 17.2 Å². The van der Waals surface area contributed by atoms with Crippen molar-refractivity contribution in [1.82, 2.24) is 16.0 Å². The van der Waals surface area contributed by atoms with Crippen LogP contribution in [0.25, 0.3) is 0 Å². The van der Waals surface area contributed by atoms with Gasteiger partial charge in [0, 0.05) is 0 Å². The summed E-state index contributed by atoms with van der Waals surface area (Å²) in [5.41, 5.74) is 15.6. The van der Waals surface area contributed by atoms with Crippen LogP contribution in [0.1, 0.15) is 19.3 Å². The third-order valence-electron chi connectivity index (χ3n) is 2.70. The molecule has 0 aliphatic heterocycles. The molecule has 0 radical (unpaired) electrons. The summed E-state index contributed by atoms with van der Waals surface area (Å²) < 4.78 is 0. The highest BCUT2D eigenvalue weighted by molar-refractivity contribution is 5.90. The van der Waals surface area contributed by atoms with Gasteiger partial charge in [0.05, 0.1) is 19.6 Å². The molecule has 1 atom stereocenters. The van der Waals surface area contributed by atoms with E-state index in [2.05, 4.69) is 16.0 Å². The lowest BCUT2D eigenvalue weighted by Crippen LogP contribution is -2.49. The molecule has 126 valence electrons. The van der Waals surface area contributed by atoms with E-state index in [4.69, 9.17) is 17.2 Å². The number of nitrogens with one attached hydrogen (secondary N) is 3. The molecule has 0 saturated carbocycles. The highest BCUT2D eigenvalue weighted by Crippen LogP contribution is 1.99. The average Bonchev–Trinajstić information content (AvgIpc) is 2.49. The van der Waals surface area contributed by atoms with Gasteiger partial charge in [0.15, 0.2) is 0 Å². The number of carbonyl (C=O) groups is 4. The van der Waals surface area contributed by atoms with E-state index in [-0.39, 0.29) is 19.6 Å². The topological polar surface area (TPSA) is 182 Å². The van der Waals surface area contributed by atoms with E-state index in [1.165, 1.54) is 0 Å². The van der Waals surface area contributed by atoms with E-state index in [0.29, 0.717) is 19.4 Å². The molecule has 4 amide bonds. The first-order chi connectivity index (χ1) is 10.4. The van der Waals surface area contributed by atoms with Crippen molar-refractivity contribution < 1.29 is 19.2 Å². The van der Waals surface area contributed by atoms with Crippen molar-refractivity contribution in [3.05, 3.63) is 0 Å². The first kappa shape index (κ1) is 19.8. The Morgan fingerprint density at radius 1 is 0.864 bits per heavy atom. The van der Waals surface area contributed by atoms with Crippen molar-refractivity contribution in [3.63, 3.8) is 0 Å². The second-order valence-corrected chi connectivity index (χ2v) is 4.56. The molecule has 0 aliphatic carbocycles. The zero-order valence-corrected chi connectivity index (χ0v) is 12.4. The first-order valence-electron chi connectivity index (χ1n) is 6.93. The average molecular weight is 316 g/mol. The number of hydrogen-bond donors (Lipinski definition) is 6. The van der Waals surface area contributed by atoms with Crippen LogP contribution in [0.4, 0.5) is 0 Å². The van der Waals surface area contributed by atoms with E-state index < -0.39 is 29.7 Å². The van der Waals surface area contributed by atoms with E-state index >= 15 is 0 Å². The molecule has 0 aromatic carbocycles. The minimum absolute atomic E-state index is 0.225. The predicted molar refractivity (Wildman–Crippen MR) is 79.1 cm³/mol. The van der Waals surface area contributed by atoms with Crippen LogP contribution in [0.3, 0.4) is 0 Å². The zero-order valence-electron chi connectivity index (χ0n) is 12.4. The van der Waals surface area contributed by atoms with Crippen molar-refractivity contribution in [1.29, 1.82) is 0 Å². The molecular formula is C12H24N6O4. The standard InChI is InChI=1S/C12H24N6O4/c13-4-2-1-3-8(12(15)22)18-11(21)7-17-10(20)6-16-9(19)5-14/h8H,1-7,13-14H2,(H2,15,22)(H,16,19)(H,17,20)(H,18,21)/t8-/m0/s1. The summed E-state index contributed by atoms with van der Waals surface area (Å²) >= 11 is 0. The zero-order chi connectivity index (χ0) is 17.0. The lowest BCUT2D eigenvalue weighted by atomic mass is 10.1. The second-order valence-electron chi connectivity index (χ2n) is 4.56. The van der Waals surface area contributed by atoms with Crippen molar-refractivity contribution in [2.75, 3.05) is 26.2 Å². The van der Waals surface area contributed by atoms with Gasteiger partial charge in [0.2, 0.25) is 23.6 Å². The molecule has 0 aromatic rings. The minimum Gasteiger partial charge on any atom is -0.368 e. The Labute approximate surface area is 128 Å². The van der Waals surface area contributed by atoms with Gasteiger partial charge in [-0.25, -0.2) is 0 Å². The normalized spacial score (nSPS) is 11.4. The lowest BCUT2D eigenvalue weighted by molar-refractivity contribution is -0.129. The van der Waals surface area contributed by atoms with Gasteiger partial charge in [-0.05, 0) is 25.8 Å². The van der Waals surface area contributed by atoms with Crippen molar-refractivity contribution >= 4 is 23.6 Å². The van der Waals surface area contributed by atoms with Crippen LogP contribution in [0, 0.1) is 0 Å². The number of hydrogen-bond acceptors (Lipinski definition) is 6. The predicted octanol–water partition coefficient (Wildman–Crippen LogP) is -3.72. The molecule has 0 aliphatic rings. The number of nitrogens with two attached hydrogens (primary N) is 3. The smallest absolute Gasteiger partial charge is 0.240 e. The molecule has 0 bridgehead atoms. The Bertz CT molecular complexity index is 401. The highest BCUT2D eigenvalue weighted by atomic mass is 16.2. The number of carbonyl (C=O) groups excluding carboxylic acids is 4. The summed E-state index contributed by atoms with van der Waals surface area (Å²) in [6, 6.07) is -0.798. The summed E-state index contributed by atoms with van der Waals surface area (Å²) in [5.74, 6) is -2.22. The third kappa shape index (κ3) is 9.66. The first-order valence-corrected chi connectivity index (χ1v) is 6.93. The molecule has 9 N–H and O–H groups in total. The highest BCUT2D eigenvalue weighted by Gasteiger charge is 2.17. The fourth-order valence-corrected chi connectivity index (χ4v) is 1.52. The second kappa shape index (κ2) is 11.5. The number of unbranched alkanes of at least 4 members (excludes halogenated alkanes) is 1. The molecule has 0 saturated heterocycles. The molecule has 0 spiro atoms. The molecule has 0 rings (SSSR count). The maximum atomic E-state index is 11.6. The van der Waals surface area contributed by atoms with Gasteiger partial charge in [0.25, 0.3) is 0 Å². The largest absolute Gasteiger partial charge is 0.368 e. The Morgan fingerprint density at radius 2 is 1.45 bits per heavy atom. The molecule has 0 unspecified atom stereocenters. The Kier molecular flexibility index (Phi) is 10.3. The van der Waals surface area contributed by atoms with Crippen LogP contribution in [0.15, 0.2) is 0 Å². The molecule has 0 aromatic heterocycles. The van der Waals surface area contributed by atoms with Gasteiger partial charge >= 0.3 is 0 Å². The molecule has 0 fully saturated rings. The van der Waals surface area contributed by atoms with E-state index in [1.54, 1.807) is 0 Å². The van der Waals surface area contributed by atoms with Gasteiger partial charge < -0.3 is 33.2 Å². The van der Waals surface area contributed by atoms with Crippen LogP contribution in [-0.4, -0.2) is 55.8 Å². The SMILES string of the molecule is NCCCC[C@H](NC(=O)CNC(=O)CNC(=O)CN)C(N)=O. The summed E-state index contributed by atoms with van der Waals surface area (Å²) in [5, 5.41) is 6.98. The van der Waals surface area contributed by atoms with Gasteiger partial charge in [-0.1, -0.05) is 0 Å². The summed E-state index contributed by atoms with van der Waals surface area (Å²) in [6.45, 7) is -0.335. The van der Waals surface area contributed by atoms with Gasteiger partial charge in [-0.3, -0.25) is 19.2 Å². The Balaban J connectivity index is 4.05. The quantitative estimate of drug-likeness (QED) is 0.213.